The molecule has 650 valence electrons. The number of pyridine rings is 2. The van der Waals surface area contributed by atoms with Crippen molar-refractivity contribution in [1.29, 1.82) is 0 Å². The number of phenols is 1. The van der Waals surface area contributed by atoms with Crippen molar-refractivity contribution in [2.45, 2.75) is 262 Å². The van der Waals surface area contributed by atoms with Crippen LogP contribution in [0, 0.1) is 29.6 Å². The molecule has 0 bridgehead atoms. The van der Waals surface area contributed by atoms with Gasteiger partial charge in [0.25, 0.3) is 26.0 Å². The lowest BCUT2D eigenvalue weighted by Gasteiger charge is -2.33. The summed E-state index contributed by atoms with van der Waals surface area (Å²) in [5.74, 6) is -2.68. The molecule has 29 nitrogen and oxygen atoms in total. The second-order valence-corrected chi connectivity index (χ2v) is 42.4. The maximum Gasteiger partial charge on any atom is 0.410 e. The van der Waals surface area contributed by atoms with E-state index >= 15 is 0 Å². The van der Waals surface area contributed by atoms with E-state index in [0.717, 1.165) is 57.3 Å². The number of ether oxygens (including phenoxy) is 5. The predicted molar refractivity (Wildman–Crippen MR) is 436 cm³/mol. The van der Waals surface area contributed by atoms with Gasteiger partial charge in [0.15, 0.2) is 0 Å². The quantitative estimate of drug-likeness (QED) is 0.0197. The number of benzene rings is 3. The number of nitrogens with one attached hydrogen (secondary N) is 1. The molecule has 2 aromatic heterocycles. The Labute approximate surface area is 684 Å². The van der Waals surface area contributed by atoms with Gasteiger partial charge in [0.05, 0.1) is 46.3 Å². The molecule has 3 aromatic carbocycles. The number of rotatable bonds is 21. The Morgan fingerprint density at radius 1 is 0.491 bits per heavy atom. The fourth-order valence-electron chi connectivity index (χ4n) is 12.8. The summed E-state index contributed by atoms with van der Waals surface area (Å²) in [6.45, 7) is 43.1. The van der Waals surface area contributed by atoms with Gasteiger partial charge in [-0.2, -0.15) is 17.2 Å². The Kier molecular flexibility index (Phi) is 34.4. The second-order valence-electron chi connectivity index (χ2n) is 35.9. The third kappa shape index (κ3) is 33.9. The summed E-state index contributed by atoms with van der Waals surface area (Å²) in [4.78, 5) is 73.1. The third-order valence-corrected chi connectivity index (χ3v) is 21.9. The second kappa shape index (κ2) is 39.9. The largest absolute Gasteiger partial charge is 0.508 e. The van der Waals surface area contributed by atoms with Gasteiger partial charge in [-0.25, -0.2) is 69.4 Å². The Hall–Kier alpha value is -8.35. The van der Waals surface area contributed by atoms with Gasteiger partial charge in [-0.1, -0.05) is 59.7 Å². The van der Waals surface area contributed by atoms with Gasteiger partial charge in [-0.05, 0) is 246 Å². The van der Waals surface area contributed by atoms with E-state index in [2.05, 4.69) is 23.8 Å². The molecule has 4 amide bonds. The number of halogens is 2. The van der Waals surface area contributed by atoms with Gasteiger partial charge in [-0.3, -0.25) is 8.98 Å². The number of carbonyl (C=O) groups excluding carboxylic acids is 4. The maximum absolute atomic E-state index is 14.5. The van der Waals surface area contributed by atoms with Gasteiger partial charge in [-0.15, -0.1) is 0 Å². The van der Waals surface area contributed by atoms with Crippen LogP contribution in [0.5, 0.6) is 17.2 Å². The summed E-state index contributed by atoms with van der Waals surface area (Å²) in [5, 5.41) is 27.4. The van der Waals surface area contributed by atoms with Crippen LogP contribution < -0.4 is 24.5 Å². The van der Waals surface area contributed by atoms with Crippen molar-refractivity contribution in [3.63, 3.8) is 0 Å². The highest BCUT2D eigenvalue weighted by molar-refractivity contribution is 7.90. The first-order valence-electron chi connectivity index (χ1n) is 38.0. The Morgan fingerprint density at radius 2 is 0.819 bits per heavy atom. The van der Waals surface area contributed by atoms with Crippen LogP contribution in [-0.4, -0.2) is 178 Å². The normalized spacial score (nSPS) is 17.4. The number of nitrogens with zero attached hydrogens (tertiary/aromatic N) is 5. The highest BCUT2D eigenvalue weighted by Gasteiger charge is 2.45. The Bertz CT molecular complexity index is 4690. The topological polar surface area (TPSA) is 417 Å². The van der Waals surface area contributed by atoms with Crippen molar-refractivity contribution in [2.75, 3.05) is 45.7 Å². The molecule has 3 fully saturated rings. The number of hydrogen-bond acceptors (Lipinski definition) is 22. The number of aromatic carboxylic acids is 1. The average Bonchev–Trinajstić information content (AvgIpc) is 1.31. The number of amides is 4. The van der Waals surface area contributed by atoms with Crippen LogP contribution in [0.2, 0.25) is 0 Å². The molecule has 3 saturated heterocycles. The minimum atomic E-state index is -4.29. The summed E-state index contributed by atoms with van der Waals surface area (Å²) in [6, 6.07) is 22.6. The lowest BCUT2D eigenvalue weighted by atomic mass is 9.91. The van der Waals surface area contributed by atoms with Crippen LogP contribution in [0.1, 0.15) is 235 Å². The number of carbonyl (C=O) groups is 5. The summed E-state index contributed by atoms with van der Waals surface area (Å²) >= 11 is 0. The zero-order valence-corrected chi connectivity index (χ0v) is 74.3. The fourth-order valence-corrected chi connectivity index (χ4v) is 15.3. The number of aromatic nitrogens is 2. The first-order chi connectivity index (χ1) is 52.7. The van der Waals surface area contributed by atoms with Crippen LogP contribution >= 0.6 is 0 Å². The summed E-state index contributed by atoms with van der Waals surface area (Å²) in [6.07, 6.45) is 7.56. The molecule has 35 heteroatoms. The number of likely N-dealkylation sites (tertiary alicyclic amines) is 3. The fraction of sp³-hybridized carbons (Fsp3) is 0.593. The molecule has 8 rings (SSSR count). The molecular weight excluding hydrogens is 1590 g/mol. The van der Waals surface area contributed by atoms with E-state index in [-0.39, 0.29) is 73.3 Å². The van der Waals surface area contributed by atoms with E-state index < -0.39 is 97.3 Å². The summed E-state index contributed by atoms with van der Waals surface area (Å²) < 4.78 is 154. The number of primary sulfonamides is 2. The number of carboxylic acid groups (broad SMARTS) is 1. The van der Waals surface area contributed by atoms with Crippen LogP contribution in [-0.2, 0) is 69.4 Å². The number of nitrogens with two attached hydrogens (primary N) is 2. The molecule has 3 atom stereocenters. The van der Waals surface area contributed by atoms with E-state index in [1.165, 1.54) is 72.8 Å². The van der Waals surface area contributed by atoms with Gasteiger partial charge >= 0.3 is 24.2 Å². The van der Waals surface area contributed by atoms with Crippen molar-refractivity contribution >= 4 is 70.3 Å². The van der Waals surface area contributed by atoms with Gasteiger partial charge in [0, 0.05) is 70.6 Å². The van der Waals surface area contributed by atoms with E-state index in [4.69, 9.17) is 48.4 Å². The molecule has 3 unspecified atom stereocenters. The molecule has 0 aliphatic carbocycles. The average molecular weight is 1710 g/mol. The van der Waals surface area contributed by atoms with E-state index in [0.29, 0.717) is 80.4 Å². The number of aromatic hydroxyl groups is 1. The zero-order valence-electron chi connectivity index (χ0n) is 71.0. The predicted octanol–water partition coefficient (Wildman–Crippen LogP) is 14.4. The first-order valence-corrected chi connectivity index (χ1v) is 44.4. The van der Waals surface area contributed by atoms with Crippen molar-refractivity contribution in [1.82, 2.24) is 29.4 Å². The van der Waals surface area contributed by atoms with Gasteiger partial charge in [0.2, 0.25) is 31.9 Å². The Balaban J connectivity index is 0.000000328. The number of hydrogen-bond donors (Lipinski definition) is 5. The van der Waals surface area contributed by atoms with Crippen LogP contribution in [0.15, 0.2) is 112 Å². The molecule has 0 spiro atoms. The minimum Gasteiger partial charge on any atom is -0.508 e. The van der Waals surface area contributed by atoms with E-state index in [9.17, 15) is 66.4 Å². The van der Waals surface area contributed by atoms with E-state index in [1.54, 1.807) is 28.0 Å². The number of sulfonamides is 3. The SMILES string of the molecule is CC(C)(C)OC(=O)N1CC(CCCOS(C)(=O)=O)CC1(C)C.CC(C)(C)OC(=O)N1CC(CCCOc2cccc(S(=O)(=O)NC(=O)c3ccc(C(C)(C)C)nc3F)c2)CC1(C)C.CC(C)(C)OC(=O)N1CC(CCCOc2cccc(S(N)(=O)=O)c2)CC1(C)C.CC(C)(C)c1ccc(C(=O)O)c(F)n1.NS(=O)(=O)c1cccc(O)c1. The lowest BCUT2D eigenvalue weighted by molar-refractivity contribution is 0.0118. The molecule has 116 heavy (non-hydrogen) atoms. The molecule has 0 radical (unpaired) electrons. The number of carboxylic acids is 1. The van der Waals surface area contributed by atoms with Crippen LogP contribution in [0.3, 0.4) is 0 Å². The molecule has 3 aliphatic rings. The highest BCUT2D eigenvalue weighted by Crippen LogP contribution is 2.40. The van der Waals surface area contributed by atoms with Crippen molar-refractivity contribution < 1.29 is 105 Å². The first kappa shape index (κ1) is 100. The minimum absolute atomic E-state index is 0.0375. The van der Waals surface area contributed by atoms with Gasteiger partial charge in [0.1, 0.15) is 39.6 Å². The van der Waals surface area contributed by atoms with E-state index in [1.807, 2.05) is 141 Å². The molecule has 5 aromatic rings. The highest BCUT2D eigenvalue weighted by atomic mass is 32.2. The smallest absolute Gasteiger partial charge is 0.410 e. The van der Waals surface area contributed by atoms with Crippen LogP contribution in [0.25, 0.3) is 0 Å². The third-order valence-electron chi connectivity index (χ3n) is 18.2. The Morgan fingerprint density at radius 3 is 1.13 bits per heavy atom. The van der Waals surface area contributed by atoms with Crippen molar-refractivity contribution in [2.24, 2.45) is 28.0 Å². The number of phenolic OH excluding ortho intramolecular Hbond substituents is 1. The molecule has 5 heterocycles. The van der Waals surface area contributed by atoms with Gasteiger partial charge < -0.3 is 48.6 Å². The summed E-state index contributed by atoms with van der Waals surface area (Å²) in [7, 11) is -15.1. The molecule has 7 N–H and O–H groups in total. The maximum atomic E-state index is 14.5. The molecule has 3 aliphatic heterocycles. The van der Waals surface area contributed by atoms with Crippen LogP contribution in [0.4, 0.5) is 23.2 Å². The summed E-state index contributed by atoms with van der Waals surface area (Å²) in [5.41, 5.74) is -2.96. The molecular formula is C81H122F2N8O21S4. The van der Waals surface area contributed by atoms with Crippen molar-refractivity contribution in [3.8, 4) is 17.2 Å². The van der Waals surface area contributed by atoms with Crippen molar-refractivity contribution in [3.05, 3.63) is 131 Å². The zero-order chi connectivity index (χ0) is 88.6. The monoisotopic (exact) mass is 1710 g/mol. The standard InChI is InChI=1S/C30H42FN3O6S.C20H32N2O5S.C15H29NO5S.C10H12FNO2.C6H7NO3S/c1-28(2,3)24-15-14-23(25(31)32-24)26(35)33-41(37,38)22-13-9-12-21(17-22)39-16-10-11-20-18-30(7,8)34(19-20)27(36)40-29(4,5)6;1-19(2,3)27-18(23)22-14-15(13-20(22,4)5)8-7-11-26-16-9-6-10-17(12-16)28(21,24)25;1-14(2,3)21-13(17)16-11-12(10-15(16,4)5)8-7-9-20-22(6,18)19;1-10(2,3)7-5-4-6(9(13)14)8(11)12-7;7-11(9,10)6-3-1-2-5(8)4-6/h9,12-15,17,20H,10-11,16,18-19H2,1-8H3,(H,33,35);6,9-10,12,15H,7-8,11,13-14H2,1-5H3,(H2,21,24,25);12H,7-11H2,1-6H3;4-5H,1-3H3,(H,13,14);1-4,8H,(H2,7,9,10). The lowest BCUT2D eigenvalue weighted by Crippen LogP contribution is -2.45. The molecule has 0 saturated carbocycles.